The number of nitrogens with one attached hydrogen (secondary N) is 1. The highest BCUT2D eigenvalue weighted by molar-refractivity contribution is 7.89. The number of carbonyl (C=O) groups excluding carboxylic acids is 1. The van der Waals surface area contributed by atoms with Gasteiger partial charge in [-0.25, -0.2) is 13.4 Å². The van der Waals surface area contributed by atoms with E-state index in [-0.39, 0.29) is 23.1 Å². The molecule has 1 aliphatic rings. The van der Waals surface area contributed by atoms with Crippen LogP contribution in [-0.4, -0.2) is 43.8 Å². The van der Waals surface area contributed by atoms with Crippen molar-refractivity contribution < 1.29 is 17.9 Å². The maximum atomic E-state index is 13.3. The summed E-state index contributed by atoms with van der Waals surface area (Å²) in [5.41, 5.74) is 2.43. The quantitative estimate of drug-likeness (QED) is 0.519. The summed E-state index contributed by atoms with van der Waals surface area (Å²) in [5, 5.41) is 6.19. The minimum absolute atomic E-state index is 0.00446. The van der Waals surface area contributed by atoms with Crippen LogP contribution in [0.5, 0.6) is 5.75 Å². The molecule has 1 aromatic heterocycles. The van der Waals surface area contributed by atoms with Gasteiger partial charge in [-0.3, -0.25) is 4.79 Å². The van der Waals surface area contributed by atoms with Gasteiger partial charge in [0.15, 0.2) is 0 Å². The molecular weight excluding hydrogens is 482 g/mol. The number of halogens is 1. The number of piperidine rings is 1. The highest BCUT2D eigenvalue weighted by atomic mass is 35.5. The summed E-state index contributed by atoms with van der Waals surface area (Å²) in [5.74, 6) is -0.455. The Morgan fingerprint density at radius 1 is 1.27 bits per heavy atom. The van der Waals surface area contributed by atoms with Crippen LogP contribution in [0.4, 0.5) is 5.69 Å². The first-order chi connectivity index (χ1) is 15.8. The number of hydrogen-bond acceptors (Lipinski definition) is 6. The minimum atomic E-state index is -3.87. The van der Waals surface area contributed by atoms with Crippen molar-refractivity contribution in [2.45, 2.75) is 24.7 Å². The zero-order valence-electron chi connectivity index (χ0n) is 18.2. The Hall–Kier alpha value is -2.46. The van der Waals surface area contributed by atoms with Gasteiger partial charge in [-0.05, 0) is 50.1 Å². The normalized spacial score (nSPS) is 17.0. The fourth-order valence-electron chi connectivity index (χ4n) is 3.86. The van der Waals surface area contributed by atoms with E-state index >= 15 is 0 Å². The number of benzene rings is 2. The molecule has 1 atom stereocenters. The van der Waals surface area contributed by atoms with Crippen LogP contribution >= 0.6 is 22.9 Å². The van der Waals surface area contributed by atoms with Crippen molar-refractivity contribution in [1.82, 2.24) is 9.29 Å². The maximum Gasteiger partial charge on any atom is 0.246 e. The lowest BCUT2D eigenvalue weighted by molar-refractivity contribution is -0.120. The van der Waals surface area contributed by atoms with Gasteiger partial charge in [-0.1, -0.05) is 23.7 Å². The molecule has 0 saturated carbocycles. The molecule has 33 heavy (non-hydrogen) atoms. The first-order valence-corrected chi connectivity index (χ1v) is 13.1. The van der Waals surface area contributed by atoms with Crippen molar-refractivity contribution in [3.63, 3.8) is 0 Å². The van der Waals surface area contributed by atoms with Crippen molar-refractivity contribution in [1.29, 1.82) is 0 Å². The average molecular weight is 506 g/mol. The molecule has 0 bridgehead atoms. The van der Waals surface area contributed by atoms with Gasteiger partial charge in [-0.15, -0.1) is 11.3 Å². The van der Waals surface area contributed by atoms with E-state index in [2.05, 4.69) is 10.3 Å². The van der Waals surface area contributed by atoms with E-state index in [9.17, 15) is 13.2 Å². The predicted octanol–water partition coefficient (Wildman–Crippen LogP) is 4.82. The Bertz CT molecular complexity index is 1280. The summed E-state index contributed by atoms with van der Waals surface area (Å²) >= 11 is 7.61. The number of methoxy groups -OCH3 is 1. The summed E-state index contributed by atoms with van der Waals surface area (Å²) in [6.45, 7) is 2.37. The molecule has 4 rings (SSSR count). The van der Waals surface area contributed by atoms with Crippen molar-refractivity contribution in [2.75, 3.05) is 25.5 Å². The van der Waals surface area contributed by atoms with E-state index in [1.807, 2.05) is 36.6 Å². The molecule has 1 unspecified atom stereocenters. The van der Waals surface area contributed by atoms with Crippen LogP contribution in [0, 0.1) is 12.8 Å². The molecule has 3 aromatic rings. The number of ether oxygens (including phenoxy) is 1. The summed E-state index contributed by atoms with van der Waals surface area (Å²) in [7, 11) is -2.46. The van der Waals surface area contributed by atoms with Crippen LogP contribution in [-0.2, 0) is 14.8 Å². The third kappa shape index (κ3) is 5.22. The monoisotopic (exact) mass is 505 g/mol. The van der Waals surface area contributed by atoms with Crippen molar-refractivity contribution in [3.05, 3.63) is 57.9 Å². The standard InChI is InChI=1S/C23H24ClN3O4S2/c1-15-25-20(14-32-15)16-5-3-7-19(11-16)26-23(28)17-6-4-10-27(13-17)33(29,30)22-12-18(24)8-9-21(22)31-2/h3,5,7-9,11-12,14,17H,4,6,10,13H2,1-2H3,(H,26,28). The topological polar surface area (TPSA) is 88.6 Å². The molecular formula is C23H24ClN3O4S2. The second-order valence-corrected chi connectivity index (χ2v) is 11.2. The van der Waals surface area contributed by atoms with Gasteiger partial charge in [-0.2, -0.15) is 4.31 Å². The summed E-state index contributed by atoms with van der Waals surface area (Å²) < 4.78 is 33.2. The van der Waals surface area contributed by atoms with Crippen LogP contribution in [0.3, 0.4) is 0 Å². The molecule has 0 spiro atoms. The molecule has 0 aliphatic carbocycles. The maximum absolute atomic E-state index is 13.3. The number of hydrogen-bond donors (Lipinski definition) is 1. The van der Waals surface area contributed by atoms with Crippen LogP contribution in [0.2, 0.25) is 5.02 Å². The Morgan fingerprint density at radius 2 is 2.09 bits per heavy atom. The van der Waals surface area contributed by atoms with Crippen LogP contribution < -0.4 is 10.1 Å². The van der Waals surface area contributed by atoms with Crippen LogP contribution in [0.1, 0.15) is 17.8 Å². The fourth-order valence-corrected chi connectivity index (χ4v) is 6.43. The smallest absolute Gasteiger partial charge is 0.246 e. The zero-order valence-corrected chi connectivity index (χ0v) is 20.6. The fraction of sp³-hybridized carbons (Fsp3) is 0.304. The van der Waals surface area contributed by atoms with E-state index in [1.165, 1.54) is 23.5 Å². The van der Waals surface area contributed by atoms with Gasteiger partial charge < -0.3 is 10.1 Å². The summed E-state index contributed by atoms with van der Waals surface area (Å²) in [4.78, 5) is 17.5. The lowest BCUT2D eigenvalue weighted by Gasteiger charge is -2.31. The second-order valence-electron chi connectivity index (χ2n) is 7.82. The first-order valence-electron chi connectivity index (χ1n) is 10.4. The third-order valence-corrected chi connectivity index (χ3v) is 8.44. The predicted molar refractivity (Wildman–Crippen MR) is 130 cm³/mol. The Morgan fingerprint density at radius 3 is 2.82 bits per heavy atom. The summed E-state index contributed by atoms with van der Waals surface area (Å²) in [6.07, 6.45) is 1.19. The number of nitrogens with zero attached hydrogens (tertiary/aromatic N) is 2. The lowest BCUT2D eigenvalue weighted by atomic mass is 9.98. The molecule has 7 nitrogen and oxygen atoms in total. The second kappa shape index (κ2) is 9.80. The van der Waals surface area contributed by atoms with E-state index in [1.54, 1.807) is 17.4 Å². The molecule has 10 heteroatoms. The van der Waals surface area contributed by atoms with Crippen molar-refractivity contribution in [2.24, 2.45) is 5.92 Å². The molecule has 1 fully saturated rings. The number of sulfonamides is 1. The van der Waals surface area contributed by atoms with E-state index in [0.29, 0.717) is 30.1 Å². The molecule has 2 aromatic carbocycles. The minimum Gasteiger partial charge on any atom is -0.495 e. The number of thiazole rings is 1. The molecule has 174 valence electrons. The summed E-state index contributed by atoms with van der Waals surface area (Å²) in [6, 6.07) is 12.0. The van der Waals surface area contributed by atoms with Gasteiger partial charge in [0.1, 0.15) is 10.6 Å². The highest BCUT2D eigenvalue weighted by Crippen LogP contribution is 2.32. The molecule has 1 N–H and O–H groups in total. The lowest BCUT2D eigenvalue weighted by Crippen LogP contribution is -2.43. The molecule has 1 aliphatic heterocycles. The van der Waals surface area contributed by atoms with Gasteiger partial charge in [0, 0.05) is 34.7 Å². The molecule has 1 saturated heterocycles. The van der Waals surface area contributed by atoms with E-state index < -0.39 is 15.9 Å². The van der Waals surface area contributed by atoms with Crippen LogP contribution in [0.15, 0.2) is 52.7 Å². The Kier molecular flexibility index (Phi) is 7.04. The van der Waals surface area contributed by atoms with Crippen molar-refractivity contribution in [3.8, 4) is 17.0 Å². The van der Waals surface area contributed by atoms with Crippen LogP contribution in [0.25, 0.3) is 11.3 Å². The number of carbonyl (C=O) groups is 1. The SMILES string of the molecule is COc1ccc(Cl)cc1S(=O)(=O)N1CCCC(C(=O)Nc2cccc(-c3csc(C)n3)c2)C1. The zero-order chi connectivity index (χ0) is 23.6. The van der Waals surface area contributed by atoms with E-state index in [4.69, 9.17) is 16.3 Å². The number of amides is 1. The van der Waals surface area contributed by atoms with Gasteiger partial charge in [0.25, 0.3) is 0 Å². The van der Waals surface area contributed by atoms with Crippen molar-refractivity contribution >= 4 is 44.6 Å². The Balaban J connectivity index is 1.50. The highest BCUT2D eigenvalue weighted by Gasteiger charge is 2.35. The number of aromatic nitrogens is 1. The average Bonchev–Trinajstić information content (AvgIpc) is 3.25. The largest absolute Gasteiger partial charge is 0.495 e. The Labute approximate surface area is 202 Å². The molecule has 0 radical (unpaired) electrons. The number of aryl methyl sites for hydroxylation is 1. The molecule has 1 amide bonds. The van der Waals surface area contributed by atoms with Gasteiger partial charge in [0.2, 0.25) is 15.9 Å². The van der Waals surface area contributed by atoms with Gasteiger partial charge >= 0.3 is 0 Å². The third-order valence-electron chi connectivity index (χ3n) is 5.54. The first kappa shape index (κ1) is 23.7. The number of rotatable bonds is 6. The number of anilines is 1. The van der Waals surface area contributed by atoms with Gasteiger partial charge in [0.05, 0.1) is 23.7 Å². The molecule has 2 heterocycles. The van der Waals surface area contributed by atoms with E-state index in [0.717, 1.165) is 16.3 Å².